The van der Waals surface area contributed by atoms with Crippen LogP contribution in [-0.2, 0) is 0 Å². The molecule has 3 atom stereocenters. The van der Waals surface area contributed by atoms with Gasteiger partial charge < -0.3 is 15.2 Å². The molecule has 0 radical (unpaired) electrons. The van der Waals surface area contributed by atoms with Gasteiger partial charge in [0.15, 0.2) is 11.6 Å². The average molecular weight is 281 g/mol. The first-order chi connectivity index (χ1) is 9.61. The Balaban J connectivity index is 2.01. The first-order valence-corrected chi connectivity index (χ1v) is 7.49. The van der Waals surface area contributed by atoms with Gasteiger partial charge in [0.25, 0.3) is 0 Å². The molecule has 0 heterocycles. The molecule has 1 aliphatic rings. The highest BCUT2D eigenvalue weighted by molar-refractivity contribution is 5.31. The second-order valence-electron chi connectivity index (χ2n) is 5.52. The maximum absolute atomic E-state index is 14.1. The van der Waals surface area contributed by atoms with E-state index in [2.05, 4.69) is 12.2 Å². The molecule has 1 aromatic rings. The third kappa shape index (κ3) is 3.70. The van der Waals surface area contributed by atoms with Gasteiger partial charge in [0.05, 0.1) is 6.10 Å². The van der Waals surface area contributed by atoms with Crippen LogP contribution >= 0.6 is 0 Å². The number of nitrogens with one attached hydrogen (secondary N) is 1. The second kappa shape index (κ2) is 7.04. The Labute approximate surface area is 120 Å². The minimum Gasteiger partial charge on any atom is -0.485 e. The van der Waals surface area contributed by atoms with Crippen LogP contribution in [0.3, 0.4) is 0 Å². The fourth-order valence-corrected chi connectivity index (χ4v) is 2.57. The minimum absolute atomic E-state index is 0.121. The van der Waals surface area contributed by atoms with Crippen molar-refractivity contribution in [2.24, 2.45) is 0 Å². The van der Waals surface area contributed by atoms with Crippen LogP contribution in [-0.4, -0.2) is 23.9 Å². The molecule has 4 heteroatoms. The topological polar surface area (TPSA) is 41.5 Å². The summed E-state index contributed by atoms with van der Waals surface area (Å²) in [5.41, 5.74) is 0.912. The van der Waals surface area contributed by atoms with Crippen LogP contribution in [0.5, 0.6) is 5.75 Å². The highest BCUT2D eigenvalue weighted by atomic mass is 19.1. The molecule has 0 bridgehead atoms. The lowest BCUT2D eigenvalue weighted by Gasteiger charge is -2.19. The molecule has 1 aromatic carbocycles. The summed E-state index contributed by atoms with van der Waals surface area (Å²) >= 11 is 0. The SMILES string of the molecule is CCCNC(C)c1ccc(OC2CCCC2O)c(F)c1. The standard InChI is InChI=1S/C16H24FNO2/c1-3-9-18-11(2)12-7-8-15(13(17)10-12)20-16-6-4-5-14(16)19/h7-8,10-11,14,16,18-19H,3-6,9H2,1-2H3. The van der Waals surface area contributed by atoms with Gasteiger partial charge >= 0.3 is 0 Å². The smallest absolute Gasteiger partial charge is 0.165 e. The van der Waals surface area contributed by atoms with Crippen molar-refractivity contribution >= 4 is 0 Å². The summed E-state index contributed by atoms with van der Waals surface area (Å²) in [6, 6.07) is 5.19. The Morgan fingerprint density at radius 2 is 2.25 bits per heavy atom. The number of rotatable bonds is 6. The van der Waals surface area contributed by atoms with E-state index in [1.165, 1.54) is 6.07 Å². The van der Waals surface area contributed by atoms with E-state index in [1.807, 2.05) is 13.0 Å². The Morgan fingerprint density at radius 3 is 2.85 bits per heavy atom. The van der Waals surface area contributed by atoms with Gasteiger partial charge in [-0.25, -0.2) is 4.39 Å². The fourth-order valence-electron chi connectivity index (χ4n) is 2.57. The molecule has 2 N–H and O–H groups in total. The Bertz CT molecular complexity index is 438. The summed E-state index contributed by atoms with van der Waals surface area (Å²) in [6.07, 6.45) is 2.76. The van der Waals surface area contributed by atoms with E-state index in [0.29, 0.717) is 0 Å². The number of halogens is 1. The Kier molecular flexibility index (Phi) is 5.38. The molecule has 20 heavy (non-hydrogen) atoms. The van der Waals surface area contributed by atoms with E-state index in [0.717, 1.165) is 37.8 Å². The molecule has 0 aromatic heterocycles. The van der Waals surface area contributed by atoms with Crippen molar-refractivity contribution < 1.29 is 14.2 Å². The maximum atomic E-state index is 14.1. The van der Waals surface area contributed by atoms with Gasteiger partial charge in [-0.2, -0.15) is 0 Å². The van der Waals surface area contributed by atoms with Crippen LogP contribution < -0.4 is 10.1 Å². The Hall–Kier alpha value is -1.13. The normalized spacial score (nSPS) is 23.8. The van der Waals surface area contributed by atoms with Gasteiger partial charge in [-0.05, 0) is 56.8 Å². The molecule has 1 fully saturated rings. The van der Waals surface area contributed by atoms with Gasteiger partial charge in [-0.15, -0.1) is 0 Å². The quantitative estimate of drug-likeness (QED) is 0.841. The van der Waals surface area contributed by atoms with Crippen LogP contribution in [0.25, 0.3) is 0 Å². The molecule has 0 saturated heterocycles. The number of aliphatic hydroxyl groups excluding tert-OH is 1. The van der Waals surface area contributed by atoms with E-state index >= 15 is 0 Å². The van der Waals surface area contributed by atoms with Crippen molar-refractivity contribution in [3.8, 4) is 5.75 Å². The lowest BCUT2D eigenvalue weighted by atomic mass is 10.1. The van der Waals surface area contributed by atoms with Gasteiger partial charge in [0.1, 0.15) is 6.10 Å². The monoisotopic (exact) mass is 281 g/mol. The lowest BCUT2D eigenvalue weighted by molar-refractivity contribution is 0.0578. The zero-order chi connectivity index (χ0) is 14.5. The molecule has 112 valence electrons. The van der Waals surface area contributed by atoms with Crippen LogP contribution in [0.1, 0.15) is 51.1 Å². The number of benzene rings is 1. The molecule has 3 nitrogen and oxygen atoms in total. The summed E-state index contributed by atoms with van der Waals surface area (Å²) < 4.78 is 19.7. The van der Waals surface area contributed by atoms with Crippen LogP contribution in [0.2, 0.25) is 0 Å². The van der Waals surface area contributed by atoms with Gasteiger partial charge in [0.2, 0.25) is 0 Å². The van der Waals surface area contributed by atoms with Crippen LogP contribution in [0.4, 0.5) is 4.39 Å². The van der Waals surface area contributed by atoms with Crippen molar-refractivity contribution in [2.75, 3.05) is 6.54 Å². The van der Waals surface area contributed by atoms with Crippen molar-refractivity contribution in [3.63, 3.8) is 0 Å². The van der Waals surface area contributed by atoms with E-state index in [-0.39, 0.29) is 23.7 Å². The summed E-state index contributed by atoms with van der Waals surface area (Å²) in [6.45, 7) is 5.03. The molecule has 0 aliphatic heterocycles. The predicted octanol–water partition coefficient (Wildman–Crippen LogP) is 3.18. The van der Waals surface area contributed by atoms with Crippen molar-refractivity contribution in [1.82, 2.24) is 5.32 Å². The first-order valence-electron chi connectivity index (χ1n) is 7.49. The second-order valence-corrected chi connectivity index (χ2v) is 5.52. The van der Waals surface area contributed by atoms with Crippen LogP contribution in [0.15, 0.2) is 18.2 Å². The van der Waals surface area contributed by atoms with Crippen molar-refractivity contribution in [1.29, 1.82) is 0 Å². The zero-order valence-electron chi connectivity index (χ0n) is 12.2. The number of ether oxygens (including phenoxy) is 1. The molecule has 1 aliphatic carbocycles. The van der Waals surface area contributed by atoms with Gasteiger partial charge in [0, 0.05) is 6.04 Å². The molecule has 3 unspecified atom stereocenters. The average Bonchev–Trinajstić information content (AvgIpc) is 2.84. The van der Waals surface area contributed by atoms with Crippen LogP contribution in [0, 0.1) is 5.82 Å². The number of hydrogen-bond acceptors (Lipinski definition) is 3. The largest absolute Gasteiger partial charge is 0.485 e. The van der Waals surface area contributed by atoms with E-state index in [9.17, 15) is 9.50 Å². The molecule has 1 saturated carbocycles. The molecular formula is C16H24FNO2. The molecule has 2 rings (SSSR count). The summed E-state index contributed by atoms with van der Waals surface area (Å²) in [4.78, 5) is 0. The first kappa shape index (κ1) is 15.3. The third-order valence-corrected chi connectivity index (χ3v) is 3.85. The Morgan fingerprint density at radius 1 is 1.45 bits per heavy atom. The number of hydrogen-bond donors (Lipinski definition) is 2. The third-order valence-electron chi connectivity index (χ3n) is 3.85. The summed E-state index contributed by atoms with van der Waals surface area (Å²) in [5.74, 6) is -0.117. The minimum atomic E-state index is -0.473. The van der Waals surface area contributed by atoms with E-state index < -0.39 is 6.10 Å². The van der Waals surface area contributed by atoms with E-state index in [4.69, 9.17) is 4.74 Å². The molecule has 0 spiro atoms. The highest BCUT2D eigenvalue weighted by Crippen LogP contribution is 2.28. The molecule has 0 amide bonds. The van der Waals surface area contributed by atoms with Crippen molar-refractivity contribution in [2.45, 2.75) is 57.8 Å². The fraction of sp³-hybridized carbons (Fsp3) is 0.625. The van der Waals surface area contributed by atoms with Gasteiger partial charge in [-0.1, -0.05) is 13.0 Å². The summed E-state index contributed by atoms with van der Waals surface area (Å²) in [5, 5.41) is 13.1. The number of aliphatic hydroxyl groups is 1. The van der Waals surface area contributed by atoms with E-state index in [1.54, 1.807) is 6.07 Å². The molecular weight excluding hydrogens is 257 g/mol. The summed E-state index contributed by atoms with van der Waals surface area (Å²) in [7, 11) is 0. The van der Waals surface area contributed by atoms with Gasteiger partial charge in [-0.3, -0.25) is 0 Å². The predicted molar refractivity (Wildman–Crippen MR) is 77.4 cm³/mol. The zero-order valence-corrected chi connectivity index (χ0v) is 12.2. The maximum Gasteiger partial charge on any atom is 0.165 e. The van der Waals surface area contributed by atoms with Crippen molar-refractivity contribution in [3.05, 3.63) is 29.6 Å². The lowest BCUT2D eigenvalue weighted by Crippen LogP contribution is -2.26. The highest BCUT2D eigenvalue weighted by Gasteiger charge is 2.27.